The van der Waals surface area contributed by atoms with Crippen molar-refractivity contribution in [3.63, 3.8) is 0 Å². The van der Waals surface area contributed by atoms with Gasteiger partial charge in [-0.1, -0.05) is 11.6 Å². The minimum Gasteiger partial charge on any atom is -0.352 e. The molecule has 0 unspecified atom stereocenters. The average molecular weight is 279 g/mol. The monoisotopic (exact) mass is 278 g/mol. The van der Waals surface area contributed by atoms with Crippen molar-refractivity contribution in [2.75, 3.05) is 6.54 Å². The molecular formula is C13H15ClN4O. The first-order chi connectivity index (χ1) is 9.06. The van der Waals surface area contributed by atoms with Crippen molar-refractivity contribution in [3.05, 3.63) is 46.5 Å². The van der Waals surface area contributed by atoms with Gasteiger partial charge in [-0.15, -0.1) is 0 Å². The third kappa shape index (κ3) is 3.54. The number of halogens is 1. The number of carbonyl (C=O) groups is 1. The number of hydrogen-bond acceptors (Lipinski definition) is 3. The molecule has 2 aromatic heterocycles. The molecule has 0 aromatic carbocycles. The van der Waals surface area contributed by atoms with Crippen LogP contribution in [0.3, 0.4) is 0 Å². The minimum atomic E-state index is -0.214. The van der Waals surface area contributed by atoms with Crippen LogP contribution >= 0.6 is 11.6 Å². The average Bonchev–Trinajstić information content (AvgIpc) is 2.75. The Hall–Kier alpha value is -1.88. The van der Waals surface area contributed by atoms with Gasteiger partial charge in [0.05, 0.1) is 16.3 Å². The zero-order chi connectivity index (χ0) is 13.8. The van der Waals surface area contributed by atoms with E-state index in [1.165, 1.54) is 6.20 Å². The van der Waals surface area contributed by atoms with Crippen LogP contribution in [0.2, 0.25) is 5.02 Å². The van der Waals surface area contributed by atoms with Crippen LogP contribution < -0.4 is 5.32 Å². The van der Waals surface area contributed by atoms with E-state index in [4.69, 9.17) is 11.6 Å². The van der Waals surface area contributed by atoms with E-state index in [-0.39, 0.29) is 5.91 Å². The summed E-state index contributed by atoms with van der Waals surface area (Å²) in [6.45, 7) is 2.34. The first kappa shape index (κ1) is 13.5. The molecule has 2 rings (SSSR count). The minimum absolute atomic E-state index is 0.214. The van der Waals surface area contributed by atoms with Crippen LogP contribution in [0.4, 0.5) is 0 Å². The molecule has 5 nitrogen and oxygen atoms in total. The highest BCUT2D eigenvalue weighted by Crippen LogP contribution is 2.15. The summed E-state index contributed by atoms with van der Waals surface area (Å²) < 4.78 is 1.73. The fraction of sp³-hybridized carbons (Fsp3) is 0.308. The molecule has 0 aliphatic heterocycles. The fourth-order valence-electron chi connectivity index (χ4n) is 1.69. The highest BCUT2D eigenvalue weighted by atomic mass is 35.5. The molecule has 0 saturated heterocycles. The Labute approximate surface area is 116 Å². The van der Waals surface area contributed by atoms with E-state index in [2.05, 4.69) is 15.4 Å². The van der Waals surface area contributed by atoms with Crippen LogP contribution in [0.15, 0.2) is 24.5 Å². The Kier molecular flexibility index (Phi) is 4.16. The molecule has 19 heavy (non-hydrogen) atoms. The van der Waals surface area contributed by atoms with Crippen molar-refractivity contribution in [1.82, 2.24) is 20.1 Å². The van der Waals surface area contributed by atoms with Crippen molar-refractivity contribution in [2.24, 2.45) is 7.05 Å². The molecule has 6 heteroatoms. The van der Waals surface area contributed by atoms with Gasteiger partial charge in [-0.05, 0) is 19.1 Å². The number of nitrogens with zero attached hydrogens (tertiary/aromatic N) is 3. The van der Waals surface area contributed by atoms with Gasteiger partial charge in [-0.3, -0.25) is 14.5 Å². The highest BCUT2D eigenvalue weighted by molar-refractivity contribution is 6.33. The summed E-state index contributed by atoms with van der Waals surface area (Å²) >= 11 is 6.01. The number of nitrogens with one attached hydrogen (secondary N) is 1. The maximum absolute atomic E-state index is 11.9. The van der Waals surface area contributed by atoms with Gasteiger partial charge >= 0.3 is 0 Å². The molecule has 0 bridgehead atoms. The third-order valence-electron chi connectivity index (χ3n) is 2.67. The first-order valence-electron chi connectivity index (χ1n) is 5.95. The second-order valence-electron chi connectivity index (χ2n) is 4.29. The first-order valence-corrected chi connectivity index (χ1v) is 6.33. The van der Waals surface area contributed by atoms with Gasteiger partial charge in [0.2, 0.25) is 0 Å². The topological polar surface area (TPSA) is 59.8 Å². The summed E-state index contributed by atoms with van der Waals surface area (Å²) in [7, 11) is 1.86. The molecule has 0 saturated carbocycles. The van der Waals surface area contributed by atoms with Crippen LogP contribution in [0, 0.1) is 6.92 Å². The lowest BCUT2D eigenvalue weighted by molar-refractivity contribution is 0.0954. The number of pyridine rings is 1. The largest absolute Gasteiger partial charge is 0.352 e. The Morgan fingerprint density at radius 1 is 1.53 bits per heavy atom. The summed E-state index contributed by atoms with van der Waals surface area (Å²) in [4.78, 5) is 16.0. The van der Waals surface area contributed by atoms with Crippen molar-refractivity contribution < 1.29 is 4.79 Å². The third-order valence-corrected chi connectivity index (χ3v) is 2.98. The van der Waals surface area contributed by atoms with Gasteiger partial charge in [-0.2, -0.15) is 5.10 Å². The highest BCUT2D eigenvalue weighted by Gasteiger charge is 2.10. The lowest BCUT2D eigenvalue weighted by Crippen LogP contribution is -2.26. The van der Waals surface area contributed by atoms with Gasteiger partial charge in [-0.25, -0.2) is 0 Å². The maximum atomic E-state index is 11.9. The lowest BCUT2D eigenvalue weighted by atomic mass is 10.2. The Morgan fingerprint density at radius 3 is 2.95 bits per heavy atom. The maximum Gasteiger partial charge on any atom is 0.254 e. The zero-order valence-corrected chi connectivity index (χ0v) is 11.6. The molecule has 0 atom stereocenters. The molecular weight excluding hydrogens is 264 g/mol. The van der Waals surface area contributed by atoms with E-state index in [9.17, 15) is 4.79 Å². The number of aromatic nitrogens is 3. The summed E-state index contributed by atoms with van der Waals surface area (Å²) in [6, 6.07) is 3.60. The molecule has 0 radical (unpaired) electrons. The molecule has 0 spiro atoms. The van der Waals surface area contributed by atoms with Crippen LogP contribution in [0.5, 0.6) is 0 Å². The predicted octanol–water partition coefficient (Wildman–Crippen LogP) is 1.75. The lowest BCUT2D eigenvalue weighted by Gasteiger charge is -2.06. The molecule has 1 amide bonds. The van der Waals surface area contributed by atoms with Crippen LogP contribution in [-0.4, -0.2) is 27.2 Å². The molecule has 2 aromatic rings. The SMILES string of the molecule is Cc1cc(Cl)c(C(=O)NCCc2ccn(C)n2)cn1. The van der Waals surface area contributed by atoms with Crippen LogP contribution in [-0.2, 0) is 13.5 Å². The van der Waals surface area contributed by atoms with Crippen molar-refractivity contribution in [1.29, 1.82) is 0 Å². The van der Waals surface area contributed by atoms with E-state index in [0.29, 0.717) is 23.6 Å². The molecule has 1 N–H and O–H groups in total. The van der Waals surface area contributed by atoms with E-state index in [1.54, 1.807) is 10.7 Å². The fourth-order valence-corrected chi connectivity index (χ4v) is 1.98. The molecule has 100 valence electrons. The second kappa shape index (κ2) is 5.84. The van der Waals surface area contributed by atoms with Gasteiger partial charge in [0.15, 0.2) is 0 Å². The van der Waals surface area contributed by atoms with Crippen LogP contribution in [0.1, 0.15) is 21.7 Å². The summed E-state index contributed by atoms with van der Waals surface area (Å²) in [5, 5.41) is 7.46. The van der Waals surface area contributed by atoms with Crippen molar-refractivity contribution in [2.45, 2.75) is 13.3 Å². The Balaban J connectivity index is 1.90. The van der Waals surface area contributed by atoms with Gasteiger partial charge < -0.3 is 5.32 Å². The number of rotatable bonds is 4. The van der Waals surface area contributed by atoms with Gasteiger partial charge in [0, 0.05) is 38.1 Å². The predicted molar refractivity (Wildman–Crippen MR) is 73.2 cm³/mol. The zero-order valence-electron chi connectivity index (χ0n) is 10.9. The standard InChI is InChI=1S/C13H15ClN4O/c1-9-7-12(14)11(8-16-9)13(19)15-5-3-10-4-6-18(2)17-10/h4,6-8H,3,5H2,1-2H3,(H,15,19). The van der Waals surface area contributed by atoms with E-state index < -0.39 is 0 Å². The van der Waals surface area contributed by atoms with Gasteiger partial charge in [0.1, 0.15) is 0 Å². The Bertz CT molecular complexity index is 594. The Morgan fingerprint density at radius 2 is 2.32 bits per heavy atom. The van der Waals surface area contributed by atoms with E-state index in [0.717, 1.165) is 11.4 Å². The molecule has 0 fully saturated rings. The van der Waals surface area contributed by atoms with E-state index in [1.807, 2.05) is 26.2 Å². The normalized spacial score (nSPS) is 10.5. The number of amides is 1. The van der Waals surface area contributed by atoms with Crippen molar-refractivity contribution in [3.8, 4) is 0 Å². The van der Waals surface area contributed by atoms with Crippen molar-refractivity contribution >= 4 is 17.5 Å². The molecule has 0 aliphatic rings. The quantitative estimate of drug-likeness (QED) is 0.927. The van der Waals surface area contributed by atoms with Gasteiger partial charge in [0.25, 0.3) is 5.91 Å². The molecule has 2 heterocycles. The summed E-state index contributed by atoms with van der Waals surface area (Å²) in [5.74, 6) is -0.214. The summed E-state index contributed by atoms with van der Waals surface area (Å²) in [6.07, 6.45) is 4.05. The van der Waals surface area contributed by atoms with E-state index >= 15 is 0 Å². The number of hydrogen-bond donors (Lipinski definition) is 1. The number of aryl methyl sites for hydroxylation is 2. The second-order valence-corrected chi connectivity index (χ2v) is 4.70. The van der Waals surface area contributed by atoms with Crippen LogP contribution in [0.25, 0.3) is 0 Å². The number of carbonyl (C=O) groups excluding carboxylic acids is 1. The molecule has 0 aliphatic carbocycles. The summed E-state index contributed by atoms with van der Waals surface area (Å²) in [5.41, 5.74) is 2.12. The smallest absolute Gasteiger partial charge is 0.254 e.